The van der Waals surface area contributed by atoms with E-state index >= 15 is 0 Å². The van der Waals surface area contributed by atoms with E-state index in [0.717, 1.165) is 23.5 Å². The van der Waals surface area contributed by atoms with Gasteiger partial charge in [0, 0.05) is 6.54 Å². The smallest absolute Gasteiger partial charge is 0.416 e. The number of ether oxygens (including phenoxy) is 1. The first-order valence-corrected chi connectivity index (χ1v) is 6.44. The van der Waals surface area contributed by atoms with E-state index in [1.54, 1.807) is 4.68 Å². The molecular formula is C14H16F3N3O. The molecule has 0 amide bonds. The number of alkyl halides is 3. The predicted molar refractivity (Wildman–Crippen MR) is 72.8 cm³/mol. The van der Waals surface area contributed by atoms with Gasteiger partial charge < -0.3 is 10.5 Å². The molecule has 1 aromatic heterocycles. The van der Waals surface area contributed by atoms with Crippen LogP contribution in [0.1, 0.15) is 23.9 Å². The Morgan fingerprint density at radius 3 is 2.57 bits per heavy atom. The van der Waals surface area contributed by atoms with Crippen LogP contribution in [0.4, 0.5) is 18.9 Å². The van der Waals surface area contributed by atoms with E-state index in [1.807, 2.05) is 19.9 Å². The lowest BCUT2D eigenvalue weighted by molar-refractivity contribution is -0.137. The molecule has 0 aliphatic heterocycles. The van der Waals surface area contributed by atoms with E-state index in [2.05, 4.69) is 5.10 Å². The molecule has 0 aliphatic carbocycles. The van der Waals surface area contributed by atoms with Crippen molar-refractivity contribution in [3.8, 4) is 5.75 Å². The van der Waals surface area contributed by atoms with Gasteiger partial charge in [0.1, 0.15) is 12.4 Å². The van der Waals surface area contributed by atoms with Gasteiger partial charge in [0.05, 0.1) is 22.6 Å². The highest BCUT2D eigenvalue weighted by atomic mass is 19.4. The summed E-state index contributed by atoms with van der Waals surface area (Å²) in [6.45, 7) is 4.70. The van der Waals surface area contributed by atoms with E-state index in [0.29, 0.717) is 6.54 Å². The van der Waals surface area contributed by atoms with Crippen molar-refractivity contribution in [3.63, 3.8) is 0 Å². The number of benzene rings is 1. The molecule has 2 aromatic rings. The molecule has 0 aliphatic rings. The van der Waals surface area contributed by atoms with Crippen molar-refractivity contribution in [2.75, 3.05) is 5.73 Å². The standard InChI is InChI=1S/C14H16F3N3O/c1-3-20-11(6-9(2)19-20)8-21-13-5-4-10(7-12(13)18)14(15,16)17/h4-7H,3,8,18H2,1-2H3. The molecule has 2 N–H and O–H groups in total. The monoisotopic (exact) mass is 299 g/mol. The molecule has 0 fully saturated rings. The molecule has 4 nitrogen and oxygen atoms in total. The maximum atomic E-state index is 12.5. The first-order valence-electron chi connectivity index (χ1n) is 6.44. The van der Waals surface area contributed by atoms with Crippen LogP contribution in [0.15, 0.2) is 24.3 Å². The fraction of sp³-hybridized carbons (Fsp3) is 0.357. The van der Waals surface area contributed by atoms with Gasteiger partial charge in [-0.15, -0.1) is 0 Å². The Labute approximate surface area is 120 Å². The van der Waals surface area contributed by atoms with Crippen molar-refractivity contribution in [1.29, 1.82) is 0 Å². The molecule has 7 heteroatoms. The molecule has 0 unspecified atom stereocenters. The first kappa shape index (κ1) is 15.2. The Kier molecular flexibility index (Phi) is 4.11. The minimum atomic E-state index is -4.41. The van der Waals surface area contributed by atoms with Gasteiger partial charge in [-0.3, -0.25) is 4.68 Å². The molecule has 0 atom stereocenters. The molecule has 1 aromatic carbocycles. The first-order chi connectivity index (χ1) is 9.81. The van der Waals surface area contributed by atoms with Crippen molar-refractivity contribution in [3.05, 3.63) is 41.2 Å². The number of anilines is 1. The van der Waals surface area contributed by atoms with Gasteiger partial charge >= 0.3 is 6.18 Å². The quantitative estimate of drug-likeness (QED) is 0.880. The lowest BCUT2D eigenvalue weighted by atomic mass is 10.2. The Balaban J connectivity index is 2.13. The van der Waals surface area contributed by atoms with Gasteiger partial charge in [-0.05, 0) is 38.1 Å². The number of nitrogens with zero attached hydrogens (tertiary/aromatic N) is 2. The molecular weight excluding hydrogens is 283 g/mol. The molecule has 114 valence electrons. The predicted octanol–water partition coefficient (Wildman–Crippen LogP) is 3.39. The Morgan fingerprint density at radius 2 is 2.00 bits per heavy atom. The molecule has 0 bridgehead atoms. The fourth-order valence-electron chi connectivity index (χ4n) is 2.00. The highest BCUT2D eigenvalue weighted by Gasteiger charge is 2.30. The number of hydrogen-bond donors (Lipinski definition) is 1. The van der Waals surface area contributed by atoms with Crippen molar-refractivity contribution in [1.82, 2.24) is 9.78 Å². The third-order valence-corrected chi connectivity index (χ3v) is 3.00. The average Bonchev–Trinajstić information content (AvgIpc) is 2.76. The summed E-state index contributed by atoms with van der Waals surface area (Å²) in [5.74, 6) is 0.226. The summed E-state index contributed by atoms with van der Waals surface area (Å²) in [6, 6.07) is 4.92. The van der Waals surface area contributed by atoms with Gasteiger partial charge in [0.2, 0.25) is 0 Å². The fourth-order valence-corrected chi connectivity index (χ4v) is 2.00. The van der Waals surface area contributed by atoms with Crippen LogP contribution in [-0.2, 0) is 19.3 Å². The number of rotatable bonds is 4. The number of aromatic nitrogens is 2. The van der Waals surface area contributed by atoms with Crippen molar-refractivity contribution < 1.29 is 17.9 Å². The summed E-state index contributed by atoms with van der Waals surface area (Å²) in [5.41, 5.74) is 6.48. The van der Waals surface area contributed by atoms with Crippen LogP contribution in [0.5, 0.6) is 5.75 Å². The van der Waals surface area contributed by atoms with Crippen molar-refractivity contribution in [2.24, 2.45) is 0 Å². The zero-order valence-corrected chi connectivity index (χ0v) is 11.7. The lowest BCUT2D eigenvalue weighted by Crippen LogP contribution is -2.08. The highest BCUT2D eigenvalue weighted by Crippen LogP contribution is 2.33. The second-order valence-electron chi connectivity index (χ2n) is 4.63. The van der Waals surface area contributed by atoms with Crippen LogP contribution < -0.4 is 10.5 Å². The molecule has 0 radical (unpaired) electrons. The van der Waals surface area contributed by atoms with Crippen LogP contribution >= 0.6 is 0 Å². The SMILES string of the molecule is CCn1nc(C)cc1COc1ccc(C(F)(F)F)cc1N. The average molecular weight is 299 g/mol. The van der Waals surface area contributed by atoms with Crippen LogP contribution in [-0.4, -0.2) is 9.78 Å². The summed E-state index contributed by atoms with van der Waals surface area (Å²) < 4.78 is 44.9. The number of nitrogens with two attached hydrogens (primary N) is 1. The summed E-state index contributed by atoms with van der Waals surface area (Å²) in [6.07, 6.45) is -4.41. The van der Waals surface area contributed by atoms with E-state index in [1.165, 1.54) is 6.07 Å². The van der Waals surface area contributed by atoms with E-state index < -0.39 is 11.7 Å². The third kappa shape index (κ3) is 3.48. The van der Waals surface area contributed by atoms with E-state index in [9.17, 15) is 13.2 Å². The zero-order chi connectivity index (χ0) is 15.6. The summed E-state index contributed by atoms with van der Waals surface area (Å²) in [4.78, 5) is 0. The van der Waals surface area contributed by atoms with Gasteiger partial charge in [-0.1, -0.05) is 0 Å². The maximum absolute atomic E-state index is 12.5. The lowest BCUT2D eigenvalue weighted by Gasteiger charge is -2.12. The van der Waals surface area contributed by atoms with Gasteiger partial charge in [0.25, 0.3) is 0 Å². The van der Waals surface area contributed by atoms with Crippen molar-refractivity contribution in [2.45, 2.75) is 33.2 Å². The summed E-state index contributed by atoms with van der Waals surface area (Å²) in [5, 5.41) is 4.27. The van der Waals surface area contributed by atoms with Crippen LogP contribution in [0, 0.1) is 6.92 Å². The normalized spacial score (nSPS) is 11.7. The third-order valence-electron chi connectivity index (χ3n) is 3.00. The van der Waals surface area contributed by atoms with Gasteiger partial charge in [-0.25, -0.2) is 0 Å². The number of nitrogen functional groups attached to an aromatic ring is 1. The van der Waals surface area contributed by atoms with E-state index in [-0.39, 0.29) is 18.0 Å². The maximum Gasteiger partial charge on any atom is 0.416 e. The Morgan fingerprint density at radius 1 is 1.29 bits per heavy atom. The molecule has 1 heterocycles. The highest BCUT2D eigenvalue weighted by molar-refractivity contribution is 5.54. The Hall–Kier alpha value is -2.18. The number of aryl methyl sites for hydroxylation is 2. The van der Waals surface area contributed by atoms with Gasteiger partial charge in [0.15, 0.2) is 0 Å². The second kappa shape index (κ2) is 5.67. The zero-order valence-electron chi connectivity index (χ0n) is 11.7. The van der Waals surface area contributed by atoms with Crippen LogP contribution in [0.25, 0.3) is 0 Å². The molecule has 0 saturated carbocycles. The molecule has 0 spiro atoms. The number of hydrogen-bond acceptors (Lipinski definition) is 3. The topological polar surface area (TPSA) is 53.1 Å². The number of halogens is 3. The summed E-state index contributed by atoms with van der Waals surface area (Å²) >= 11 is 0. The minimum Gasteiger partial charge on any atom is -0.485 e. The molecule has 21 heavy (non-hydrogen) atoms. The molecule has 2 rings (SSSR count). The summed E-state index contributed by atoms with van der Waals surface area (Å²) in [7, 11) is 0. The van der Waals surface area contributed by atoms with E-state index in [4.69, 9.17) is 10.5 Å². The Bertz CT molecular complexity index is 635. The van der Waals surface area contributed by atoms with Crippen LogP contribution in [0.2, 0.25) is 0 Å². The van der Waals surface area contributed by atoms with Crippen LogP contribution in [0.3, 0.4) is 0 Å². The minimum absolute atomic E-state index is 0.0379. The molecule has 0 saturated heterocycles. The van der Waals surface area contributed by atoms with Gasteiger partial charge in [-0.2, -0.15) is 18.3 Å². The largest absolute Gasteiger partial charge is 0.485 e. The second-order valence-corrected chi connectivity index (χ2v) is 4.63. The van der Waals surface area contributed by atoms with Crippen molar-refractivity contribution >= 4 is 5.69 Å².